The predicted molar refractivity (Wildman–Crippen MR) is 98.4 cm³/mol. The van der Waals surface area contributed by atoms with Crippen molar-refractivity contribution in [1.29, 1.82) is 0 Å². The van der Waals surface area contributed by atoms with Gasteiger partial charge in [0.1, 0.15) is 22.9 Å². The van der Waals surface area contributed by atoms with Gasteiger partial charge < -0.3 is 14.2 Å². The molecule has 3 aliphatic heterocycles. The average molecular weight is 374 g/mol. The van der Waals surface area contributed by atoms with Gasteiger partial charge in [0.2, 0.25) is 0 Å². The summed E-state index contributed by atoms with van der Waals surface area (Å²) in [4.78, 5) is 11.7. The molecule has 0 spiro atoms. The summed E-state index contributed by atoms with van der Waals surface area (Å²) in [7, 11) is 0. The number of fused-ring (bicyclic) bond motifs is 1. The zero-order chi connectivity index (χ0) is 19.2. The van der Waals surface area contributed by atoms with E-state index in [9.17, 15) is 9.18 Å². The summed E-state index contributed by atoms with van der Waals surface area (Å²) in [6.07, 6.45) is 4.47. The first-order valence-corrected chi connectivity index (χ1v) is 9.97. The number of esters is 1. The molecule has 5 heteroatoms. The number of carbonyl (C=O) groups excluding carboxylic acids is 1. The van der Waals surface area contributed by atoms with Crippen molar-refractivity contribution >= 4 is 5.97 Å². The summed E-state index contributed by atoms with van der Waals surface area (Å²) in [6, 6.07) is 4.94. The maximum atomic E-state index is 14.0. The summed E-state index contributed by atoms with van der Waals surface area (Å²) in [5, 5.41) is 0. The molecule has 4 nitrogen and oxygen atoms in total. The largest absolute Gasteiger partial charge is 0.483 e. The van der Waals surface area contributed by atoms with Crippen LogP contribution in [0.4, 0.5) is 4.39 Å². The maximum absolute atomic E-state index is 14.0. The normalized spacial score (nSPS) is 33.0. The number of hydrogen-bond donors (Lipinski definition) is 0. The number of allylic oxidation sites excluding steroid dienone is 1. The predicted octanol–water partition coefficient (Wildman–Crippen LogP) is 4.93. The first kappa shape index (κ1) is 18.5. The minimum absolute atomic E-state index is 0.0300. The Morgan fingerprint density at radius 1 is 1.41 bits per heavy atom. The molecule has 3 heterocycles. The van der Waals surface area contributed by atoms with Gasteiger partial charge in [-0.2, -0.15) is 0 Å². The highest BCUT2D eigenvalue weighted by molar-refractivity contribution is 5.67. The van der Waals surface area contributed by atoms with Crippen molar-refractivity contribution in [1.82, 2.24) is 0 Å². The monoisotopic (exact) mass is 374 g/mol. The summed E-state index contributed by atoms with van der Waals surface area (Å²) in [5.41, 5.74) is 1.26. The highest BCUT2D eigenvalue weighted by Gasteiger charge is 2.60. The van der Waals surface area contributed by atoms with Crippen LogP contribution in [0.5, 0.6) is 0 Å². The minimum atomic E-state index is -0.676. The summed E-state index contributed by atoms with van der Waals surface area (Å²) in [6.45, 7) is 6.26. The highest BCUT2D eigenvalue weighted by atomic mass is 19.1. The molecule has 146 valence electrons. The van der Waals surface area contributed by atoms with Gasteiger partial charge in [0.15, 0.2) is 0 Å². The molecule has 5 rings (SSSR count). The van der Waals surface area contributed by atoms with Gasteiger partial charge in [-0.3, -0.25) is 4.79 Å². The highest BCUT2D eigenvalue weighted by Crippen LogP contribution is 2.60. The topological polar surface area (TPSA) is 44.8 Å². The fourth-order valence-electron chi connectivity index (χ4n) is 5.01. The van der Waals surface area contributed by atoms with Crippen LogP contribution in [0.25, 0.3) is 0 Å². The van der Waals surface area contributed by atoms with Crippen molar-refractivity contribution in [3.8, 4) is 0 Å². The molecule has 4 atom stereocenters. The van der Waals surface area contributed by atoms with E-state index in [0.717, 1.165) is 43.4 Å². The number of halogens is 1. The molecule has 27 heavy (non-hydrogen) atoms. The number of unbranched alkanes of at least 4 members (excludes halogenated alkanes) is 1. The average Bonchev–Trinajstić information content (AvgIpc) is 2.65. The van der Waals surface area contributed by atoms with Crippen LogP contribution in [-0.2, 0) is 24.6 Å². The van der Waals surface area contributed by atoms with Crippen LogP contribution < -0.4 is 0 Å². The molecule has 4 aliphatic rings. The van der Waals surface area contributed by atoms with Gasteiger partial charge in [-0.15, -0.1) is 0 Å². The van der Waals surface area contributed by atoms with Crippen LogP contribution in [0.1, 0.15) is 69.9 Å². The van der Waals surface area contributed by atoms with Crippen molar-refractivity contribution in [2.24, 2.45) is 5.92 Å². The number of benzene rings is 1. The van der Waals surface area contributed by atoms with Crippen molar-refractivity contribution in [2.75, 3.05) is 6.61 Å². The lowest BCUT2D eigenvalue weighted by atomic mass is 9.61. The molecule has 2 fully saturated rings. The molecule has 0 N–H and O–H groups in total. The molecular weight excluding hydrogens is 347 g/mol. The molecule has 0 unspecified atom stereocenters. The van der Waals surface area contributed by atoms with E-state index in [-0.39, 0.29) is 29.7 Å². The fourth-order valence-corrected chi connectivity index (χ4v) is 5.01. The molecule has 1 aromatic carbocycles. The Labute approximate surface area is 159 Å². The Morgan fingerprint density at radius 2 is 2.22 bits per heavy atom. The van der Waals surface area contributed by atoms with Gasteiger partial charge in [-0.25, -0.2) is 4.39 Å². The van der Waals surface area contributed by atoms with Gasteiger partial charge in [0.25, 0.3) is 0 Å². The number of carbonyl (C=O) groups is 1. The van der Waals surface area contributed by atoms with E-state index in [1.165, 1.54) is 13.0 Å². The second-order valence-corrected chi connectivity index (χ2v) is 7.99. The van der Waals surface area contributed by atoms with Crippen molar-refractivity contribution in [3.63, 3.8) is 0 Å². The zero-order valence-electron chi connectivity index (χ0n) is 16.2. The van der Waals surface area contributed by atoms with E-state index in [0.29, 0.717) is 17.9 Å². The third-order valence-corrected chi connectivity index (χ3v) is 6.19. The van der Waals surface area contributed by atoms with Crippen LogP contribution in [0.2, 0.25) is 0 Å². The molecule has 0 aromatic heterocycles. The van der Waals surface area contributed by atoms with Gasteiger partial charge in [0, 0.05) is 31.4 Å². The lowest BCUT2D eigenvalue weighted by Gasteiger charge is -2.57. The maximum Gasteiger partial charge on any atom is 0.307 e. The summed E-state index contributed by atoms with van der Waals surface area (Å²) >= 11 is 0. The van der Waals surface area contributed by atoms with E-state index in [4.69, 9.17) is 14.2 Å². The molecular formula is C22H27FO4. The van der Waals surface area contributed by atoms with Crippen molar-refractivity contribution in [2.45, 2.75) is 70.5 Å². The van der Waals surface area contributed by atoms with Gasteiger partial charge >= 0.3 is 5.97 Å². The second kappa shape index (κ2) is 6.93. The third kappa shape index (κ3) is 2.96. The van der Waals surface area contributed by atoms with Crippen molar-refractivity contribution in [3.05, 3.63) is 46.7 Å². The van der Waals surface area contributed by atoms with E-state index in [2.05, 4.69) is 6.92 Å². The zero-order valence-corrected chi connectivity index (χ0v) is 16.2. The van der Waals surface area contributed by atoms with Gasteiger partial charge in [0.05, 0.1) is 12.0 Å². The van der Waals surface area contributed by atoms with Crippen LogP contribution in [0, 0.1) is 11.7 Å². The fraction of sp³-hybridized carbons (Fsp3) is 0.591. The van der Waals surface area contributed by atoms with E-state index < -0.39 is 5.60 Å². The van der Waals surface area contributed by atoms with Gasteiger partial charge in [-0.1, -0.05) is 19.4 Å². The number of rotatable bonds is 4. The first-order chi connectivity index (χ1) is 13.0. The standard InChI is InChI=1S/C22H27FO4/c1-4-5-8-18(26-13(2)24)21-19-15-10-9-14(23)12-17(15)22(3,27-21)16-7-6-11-25-20(16)19/h9-10,12,16,19-20H,4-8,11H2,1-3H3/b21-18-/t16-,19+,20+,22+/m1/s1. The quantitative estimate of drug-likeness (QED) is 0.554. The third-order valence-electron chi connectivity index (χ3n) is 6.19. The number of hydrogen-bond acceptors (Lipinski definition) is 4. The van der Waals surface area contributed by atoms with Crippen molar-refractivity contribution < 1.29 is 23.4 Å². The van der Waals surface area contributed by atoms with Crippen LogP contribution in [0.15, 0.2) is 29.7 Å². The summed E-state index contributed by atoms with van der Waals surface area (Å²) in [5.74, 6) is 0.713. The van der Waals surface area contributed by atoms with Crippen LogP contribution >= 0.6 is 0 Å². The van der Waals surface area contributed by atoms with E-state index in [1.54, 1.807) is 6.07 Å². The van der Waals surface area contributed by atoms with Crippen LogP contribution in [-0.4, -0.2) is 18.7 Å². The molecule has 0 radical (unpaired) electrons. The first-order valence-electron chi connectivity index (χ1n) is 9.97. The van der Waals surface area contributed by atoms with Crippen LogP contribution in [0.3, 0.4) is 0 Å². The Balaban J connectivity index is 1.88. The van der Waals surface area contributed by atoms with E-state index >= 15 is 0 Å². The molecule has 0 saturated carbocycles. The lowest BCUT2D eigenvalue weighted by molar-refractivity contribution is -0.191. The second-order valence-electron chi connectivity index (χ2n) is 7.99. The molecule has 2 saturated heterocycles. The Morgan fingerprint density at radius 3 is 2.96 bits per heavy atom. The lowest BCUT2D eigenvalue weighted by Crippen LogP contribution is -2.57. The summed E-state index contributed by atoms with van der Waals surface area (Å²) < 4.78 is 32.4. The smallest absolute Gasteiger partial charge is 0.307 e. The van der Waals surface area contributed by atoms with Gasteiger partial charge in [-0.05, 0) is 43.9 Å². The minimum Gasteiger partial charge on any atom is -0.483 e. The molecule has 1 aromatic rings. The Kier molecular flexibility index (Phi) is 4.75. The number of ether oxygens (including phenoxy) is 3. The Hall–Kier alpha value is -1.88. The SMILES string of the molecule is CCCC/C(OC(C)=O)=C1/O[C@]2(C)c3cc(F)ccc3[C@H]1[C@H]1OCCC[C@H]12. The Bertz CT molecular complexity index is 787. The molecule has 2 bridgehead atoms. The molecule has 0 amide bonds. The van der Waals surface area contributed by atoms with E-state index in [1.807, 2.05) is 13.0 Å². The molecule has 1 aliphatic carbocycles.